The van der Waals surface area contributed by atoms with E-state index < -0.39 is 0 Å². The lowest BCUT2D eigenvalue weighted by Crippen LogP contribution is -2.03. The predicted molar refractivity (Wildman–Crippen MR) is 76.3 cm³/mol. The second-order valence-electron chi connectivity index (χ2n) is 4.12. The Balaban J connectivity index is 2.13. The Morgan fingerprint density at radius 1 is 1.37 bits per heavy atom. The molecule has 0 aliphatic heterocycles. The van der Waals surface area contributed by atoms with Gasteiger partial charge in [0.25, 0.3) is 0 Å². The molecular formula is C15H15ClN2O. The van der Waals surface area contributed by atoms with Crippen LogP contribution in [0.4, 0.5) is 0 Å². The molecule has 2 rings (SSSR count). The molecule has 0 saturated heterocycles. The topological polar surface area (TPSA) is 27.1 Å². The molecule has 2 aromatic rings. The van der Waals surface area contributed by atoms with E-state index >= 15 is 0 Å². The van der Waals surface area contributed by atoms with E-state index in [1.165, 1.54) is 0 Å². The molecule has 0 atom stereocenters. The van der Waals surface area contributed by atoms with E-state index in [0.29, 0.717) is 12.5 Å². The highest BCUT2D eigenvalue weighted by molar-refractivity contribution is 6.19. The zero-order valence-corrected chi connectivity index (χ0v) is 11.7. The minimum Gasteiger partial charge on any atom is -0.486 e. The minimum atomic E-state index is 0.315. The fourth-order valence-corrected chi connectivity index (χ4v) is 1.84. The summed E-state index contributed by atoms with van der Waals surface area (Å²) in [5.41, 5.74) is 2.86. The molecule has 4 heteroatoms. The molecule has 0 saturated carbocycles. The van der Waals surface area contributed by atoms with Gasteiger partial charge in [0.15, 0.2) is 0 Å². The number of hydrogen-bond donors (Lipinski definition) is 0. The van der Waals surface area contributed by atoms with Crippen LogP contribution in [0, 0.1) is 18.8 Å². The molecule has 1 heterocycles. The van der Waals surface area contributed by atoms with Gasteiger partial charge in [0.2, 0.25) is 0 Å². The summed E-state index contributed by atoms with van der Waals surface area (Å²) in [7, 11) is 1.91. The molecule has 1 aromatic carbocycles. The maximum atomic E-state index is 5.81. The van der Waals surface area contributed by atoms with E-state index in [0.717, 1.165) is 22.7 Å². The summed E-state index contributed by atoms with van der Waals surface area (Å²) in [6.07, 6.45) is 0. The van der Waals surface area contributed by atoms with Crippen LogP contribution in [0.25, 0.3) is 0 Å². The summed E-state index contributed by atoms with van der Waals surface area (Å²) in [6, 6.07) is 9.69. The minimum absolute atomic E-state index is 0.315. The fraction of sp³-hybridized carbons (Fsp3) is 0.267. The second kappa shape index (κ2) is 6.31. The number of aryl methyl sites for hydroxylation is 2. The van der Waals surface area contributed by atoms with Crippen LogP contribution in [-0.4, -0.2) is 15.7 Å². The van der Waals surface area contributed by atoms with Crippen molar-refractivity contribution in [3.63, 3.8) is 0 Å². The molecule has 0 fully saturated rings. The average molecular weight is 275 g/mol. The van der Waals surface area contributed by atoms with E-state index in [1.54, 1.807) is 0 Å². The average Bonchev–Trinajstić information content (AvgIpc) is 2.73. The second-order valence-corrected chi connectivity index (χ2v) is 4.39. The molecule has 19 heavy (non-hydrogen) atoms. The van der Waals surface area contributed by atoms with E-state index in [1.807, 2.05) is 49.0 Å². The van der Waals surface area contributed by atoms with Gasteiger partial charge in [-0.2, -0.15) is 5.10 Å². The van der Waals surface area contributed by atoms with Crippen molar-refractivity contribution in [3.05, 3.63) is 47.3 Å². The number of benzene rings is 1. The van der Waals surface area contributed by atoms with Gasteiger partial charge in [-0.3, -0.25) is 4.68 Å². The lowest BCUT2D eigenvalue weighted by molar-refractivity contribution is 0.294. The first-order valence-corrected chi connectivity index (χ1v) is 6.50. The molecule has 3 nitrogen and oxygen atoms in total. The normalized spacial score (nSPS) is 9.84. The number of alkyl halides is 1. The van der Waals surface area contributed by atoms with Crippen molar-refractivity contribution in [2.45, 2.75) is 13.5 Å². The predicted octanol–water partition coefficient (Wildman–Crippen LogP) is 2.90. The van der Waals surface area contributed by atoms with Gasteiger partial charge in [-0.05, 0) is 25.1 Å². The molecule has 0 spiro atoms. The third-order valence-corrected chi connectivity index (χ3v) is 2.79. The number of para-hydroxylation sites is 1. The van der Waals surface area contributed by atoms with Gasteiger partial charge in [0.05, 0.1) is 22.8 Å². The molecule has 1 aromatic heterocycles. The van der Waals surface area contributed by atoms with Gasteiger partial charge in [-0.1, -0.05) is 24.0 Å². The first-order valence-electron chi connectivity index (χ1n) is 5.97. The maximum Gasteiger partial charge on any atom is 0.135 e. The van der Waals surface area contributed by atoms with Crippen LogP contribution in [0.15, 0.2) is 30.3 Å². The summed E-state index contributed by atoms with van der Waals surface area (Å²) < 4.78 is 7.63. The summed E-state index contributed by atoms with van der Waals surface area (Å²) in [5, 5.41) is 4.29. The quantitative estimate of drug-likeness (QED) is 0.636. The number of nitrogens with zero attached hydrogens (tertiary/aromatic N) is 2. The van der Waals surface area contributed by atoms with Crippen LogP contribution in [0.5, 0.6) is 5.75 Å². The molecule has 0 radical (unpaired) electrons. The van der Waals surface area contributed by atoms with E-state index in [-0.39, 0.29) is 0 Å². The molecule has 0 bridgehead atoms. The third-order valence-electron chi connectivity index (χ3n) is 2.65. The van der Waals surface area contributed by atoms with Crippen molar-refractivity contribution in [3.8, 4) is 17.6 Å². The highest BCUT2D eigenvalue weighted by Gasteiger charge is 2.05. The van der Waals surface area contributed by atoms with Crippen molar-refractivity contribution >= 4 is 11.6 Å². The number of rotatable bonds is 3. The first kappa shape index (κ1) is 13.5. The van der Waals surface area contributed by atoms with Gasteiger partial charge in [0.1, 0.15) is 12.4 Å². The van der Waals surface area contributed by atoms with E-state index in [4.69, 9.17) is 16.3 Å². The molecule has 0 aliphatic carbocycles. The summed E-state index contributed by atoms with van der Waals surface area (Å²) in [6.45, 7) is 2.43. The highest BCUT2D eigenvalue weighted by Crippen LogP contribution is 2.18. The molecule has 0 unspecified atom stereocenters. The summed E-state index contributed by atoms with van der Waals surface area (Å²) in [5.74, 6) is 6.90. The van der Waals surface area contributed by atoms with Crippen LogP contribution in [0.1, 0.15) is 17.0 Å². The van der Waals surface area contributed by atoms with Crippen molar-refractivity contribution in [2.24, 2.45) is 7.05 Å². The number of aromatic nitrogens is 2. The highest BCUT2D eigenvalue weighted by atomic mass is 35.5. The number of ether oxygens (including phenoxy) is 1. The molecular weight excluding hydrogens is 260 g/mol. The molecule has 0 N–H and O–H groups in total. The third kappa shape index (κ3) is 3.52. The van der Waals surface area contributed by atoms with Crippen LogP contribution in [0.2, 0.25) is 0 Å². The van der Waals surface area contributed by atoms with Crippen LogP contribution in [-0.2, 0) is 13.7 Å². The zero-order valence-electron chi connectivity index (χ0n) is 11.0. The Bertz CT molecular complexity index is 623. The van der Waals surface area contributed by atoms with Crippen molar-refractivity contribution in [2.75, 3.05) is 5.88 Å². The summed E-state index contributed by atoms with van der Waals surface area (Å²) >= 11 is 5.57. The molecule has 98 valence electrons. The van der Waals surface area contributed by atoms with Crippen molar-refractivity contribution in [1.29, 1.82) is 0 Å². The van der Waals surface area contributed by atoms with Gasteiger partial charge >= 0.3 is 0 Å². The van der Waals surface area contributed by atoms with Crippen LogP contribution >= 0.6 is 11.6 Å². The van der Waals surface area contributed by atoms with Crippen LogP contribution < -0.4 is 4.74 Å². The van der Waals surface area contributed by atoms with E-state index in [2.05, 4.69) is 16.9 Å². The lowest BCUT2D eigenvalue weighted by Gasteiger charge is -2.08. The van der Waals surface area contributed by atoms with Crippen molar-refractivity contribution < 1.29 is 4.74 Å². The first-order chi connectivity index (χ1) is 9.20. The lowest BCUT2D eigenvalue weighted by atomic mass is 10.2. The standard InChI is InChI=1S/C15H15ClN2O/c1-12-10-14(18(2)17-12)11-19-15-8-4-3-6-13(15)7-5-9-16/h3-4,6,8,10H,9,11H2,1-2H3. The van der Waals surface area contributed by atoms with Crippen molar-refractivity contribution in [1.82, 2.24) is 9.78 Å². The number of halogens is 1. The Labute approximate surface area is 118 Å². The Morgan fingerprint density at radius 2 is 2.16 bits per heavy atom. The number of hydrogen-bond acceptors (Lipinski definition) is 2. The maximum absolute atomic E-state index is 5.81. The smallest absolute Gasteiger partial charge is 0.135 e. The summed E-state index contributed by atoms with van der Waals surface area (Å²) in [4.78, 5) is 0. The Morgan fingerprint density at radius 3 is 2.84 bits per heavy atom. The van der Waals surface area contributed by atoms with Gasteiger partial charge in [-0.15, -0.1) is 11.6 Å². The Hall–Kier alpha value is -1.92. The van der Waals surface area contributed by atoms with E-state index in [9.17, 15) is 0 Å². The van der Waals surface area contributed by atoms with Crippen LogP contribution in [0.3, 0.4) is 0 Å². The Kier molecular flexibility index (Phi) is 4.48. The van der Waals surface area contributed by atoms with Gasteiger partial charge in [0, 0.05) is 7.05 Å². The zero-order chi connectivity index (χ0) is 13.7. The monoisotopic (exact) mass is 274 g/mol. The van der Waals surface area contributed by atoms with Gasteiger partial charge in [-0.25, -0.2) is 0 Å². The molecule has 0 amide bonds. The van der Waals surface area contributed by atoms with Gasteiger partial charge < -0.3 is 4.74 Å². The fourth-order valence-electron chi connectivity index (χ4n) is 1.78. The SMILES string of the molecule is Cc1cc(COc2ccccc2C#CCCl)n(C)n1. The molecule has 0 aliphatic rings. The largest absolute Gasteiger partial charge is 0.486 e.